The Balaban J connectivity index is 2.56. The third kappa shape index (κ3) is 2.24. The number of hydrogen-bond acceptors (Lipinski definition) is 4. The summed E-state index contributed by atoms with van der Waals surface area (Å²) in [6.45, 7) is 6.80. The molecule has 2 rings (SSSR count). The van der Waals surface area contributed by atoms with Crippen LogP contribution in [0.2, 0.25) is 0 Å². The van der Waals surface area contributed by atoms with Gasteiger partial charge < -0.3 is 10.2 Å². The third-order valence-electron chi connectivity index (χ3n) is 3.06. The summed E-state index contributed by atoms with van der Waals surface area (Å²) in [6.07, 6.45) is 0.991. The van der Waals surface area contributed by atoms with E-state index in [0.29, 0.717) is 0 Å². The van der Waals surface area contributed by atoms with Crippen molar-refractivity contribution in [3.05, 3.63) is 29.5 Å². The molecule has 0 aliphatic carbocycles. The maximum atomic E-state index is 5.64. The Morgan fingerprint density at radius 2 is 2.11 bits per heavy atom. The molecule has 0 aliphatic heterocycles. The van der Waals surface area contributed by atoms with Crippen molar-refractivity contribution in [1.29, 1.82) is 0 Å². The quantitative estimate of drug-likeness (QED) is 0.642. The highest BCUT2D eigenvalue weighted by atomic mass is 16.5. The molecular weight excluding hydrogens is 226 g/mol. The van der Waals surface area contributed by atoms with E-state index in [2.05, 4.69) is 17.3 Å². The zero-order chi connectivity index (χ0) is 13.1. The van der Waals surface area contributed by atoms with Crippen LogP contribution in [0.3, 0.4) is 0 Å². The number of nitrogen functional groups attached to an aromatic ring is 1. The van der Waals surface area contributed by atoms with Gasteiger partial charge in [0.2, 0.25) is 0 Å². The summed E-state index contributed by atoms with van der Waals surface area (Å²) in [5, 5.41) is 0.995. The number of aromatic nitrogens is 1. The number of ether oxygens (including phenoxy) is 1. The Kier molecular flexibility index (Phi) is 3.67. The van der Waals surface area contributed by atoms with Crippen molar-refractivity contribution in [3.8, 4) is 5.75 Å². The average molecular weight is 245 g/mol. The summed E-state index contributed by atoms with van der Waals surface area (Å²) in [7, 11) is 0. The minimum atomic E-state index is 0.717. The smallest absolute Gasteiger partial charge is 0.120 e. The second-order valence-electron chi connectivity index (χ2n) is 4.37. The number of anilines is 1. The van der Waals surface area contributed by atoms with Gasteiger partial charge in [0, 0.05) is 11.1 Å². The Morgan fingerprint density at radius 1 is 1.33 bits per heavy atom. The van der Waals surface area contributed by atoms with E-state index in [-0.39, 0.29) is 0 Å². The molecule has 0 fully saturated rings. The van der Waals surface area contributed by atoms with Crippen molar-refractivity contribution < 1.29 is 4.74 Å². The van der Waals surface area contributed by atoms with Crippen LogP contribution in [0.5, 0.6) is 5.75 Å². The van der Waals surface area contributed by atoms with Gasteiger partial charge in [0.1, 0.15) is 5.75 Å². The first kappa shape index (κ1) is 12.6. The van der Waals surface area contributed by atoms with Crippen molar-refractivity contribution in [3.63, 3.8) is 0 Å². The van der Waals surface area contributed by atoms with Gasteiger partial charge in [-0.1, -0.05) is 6.92 Å². The normalized spacial score (nSPS) is 10.7. The van der Waals surface area contributed by atoms with Crippen molar-refractivity contribution >= 4 is 16.6 Å². The minimum absolute atomic E-state index is 0.717. The number of fused-ring (bicyclic) bond motifs is 1. The highest BCUT2D eigenvalue weighted by Crippen LogP contribution is 2.30. The minimum Gasteiger partial charge on any atom is -0.494 e. The van der Waals surface area contributed by atoms with Crippen LogP contribution in [0.1, 0.15) is 24.6 Å². The van der Waals surface area contributed by atoms with Crippen molar-refractivity contribution in [1.82, 2.24) is 4.98 Å². The van der Waals surface area contributed by atoms with Crippen LogP contribution in [-0.4, -0.2) is 11.6 Å². The maximum absolute atomic E-state index is 5.64. The lowest BCUT2D eigenvalue weighted by molar-refractivity contribution is 0.318. The Labute approximate surface area is 107 Å². The highest BCUT2D eigenvalue weighted by molar-refractivity contribution is 5.94. The van der Waals surface area contributed by atoms with Crippen molar-refractivity contribution in [2.75, 3.05) is 12.0 Å². The predicted octanol–water partition coefficient (Wildman–Crippen LogP) is 2.93. The predicted molar refractivity (Wildman–Crippen MR) is 74.8 cm³/mol. The van der Waals surface area contributed by atoms with Gasteiger partial charge in [0.25, 0.3) is 0 Å². The molecule has 0 saturated heterocycles. The number of hydrogen-bond donors (Lipinski definition) is 2. The van der Waals surface area contributed by atoms with E-state index in [1.165, 1.54) is 0 Å². The molecule has 1 aromatic heterocycles. The van der Waals surface area contributed by atoms with Crippen LogP contribution >= 0.6 is 0 Å². The molecule has 18 heavy (non-hydrogen) atoms. The number of nitrogens with one attached hydrogen (secondary N) is 1. The Hall–Kier alpha value is -1.81. The molecule has 4 nitrogen and oxygen atoms in total. The van der Waals surface area contributed by atoms with Gasteiger partial charge in [-0.25, -0.2) is 0 Å². The topological polar surface area (TPSA) is 60.2 Å². The number of aryl methyl sites for hydroxylation is 1. The number of nitrogens with zero attached hydrogens (tertiary/aromatic N) is 1. The summed E-state index contributed by atoms with van der Waals surface area (Å²) in [6, 6.07) is 5.90. The number of rotatable bonds is 4. The van der Waals surface area contributed by atoms with Crippen molar-refractivity contribution in [2.45, 2.75) is 27.2 Å². The summed E-state index contributed by atoms with van der Waals surface area (Å²) in [5.41, 5.74) is 6.66. The fourth-order valence-electron chi connectivity index (χ4n) is 1.96. The van der Waals surface area contributed by atoms with Gasteiger partial charge in [-0.15, -0.1) is 0 Å². The fourth-order valence-corrected chi connectivity index (χ4v) is 1.96. The van der Waals surface area contributed by atoms with Gasteiger partial charge in [-0.2, -0.15) is 0 Å². The number of hydrazine groups is 1. The number of pyridine rings is 1. The number of benzene rings is 1. The molecule has 0 saturated carbocycles. The Bertz CT molecular complexity index is 566. The molecule has 4 heteroatoms. The van der Waals surface area contributed by atoms with E-state index in [1.807, 2.05) is 32.0 Å². The molecule has 3 N–H and O–H groups in total. The second-order valence-corrected chi connectivity index (χ2v) is 4.37. The van der Waals surface area contributed by atoms with Gasteiger partial charge in [0.05, 0.1) is 17.8 Å². The molecule has 0 atom stereocenters. The van der Waals surface area contributed by atoms with E-state index in [1.54, 1.807) is 0 Å². The lowest BCUT2D eigenvalue weighted by Crippen LogP contribution is -2.10. The molecule has 96 valence electrons. The standard InChI is InChI=1S/C14H19N3O/c1-4-7-18-11-5-6-13-12(8-11)14(17-15)9(2)10(3)16-13/h5-6,8H,4,7,15H2,1-3H3,(H,16,17). The van der Waals surface area contributed by atoms with Crippen LogP contribution in [-0.2, 0) is 0 Å². The van der Waals surface area contributed by atoms with E-state index in [4.69, 9.17) is 10.6 Å². The summed E-state index contributed by atoms with van der Waals surface area (Å²) in [4.78, 5) is 4.55. The highest BCUT2D eigenvalue weighted by Gasteiger charge is 2.09. The molecule has 1 heterocycles. The molecule has 0 amide bonds. The molecule has 2 aromatic rings. The number of nitrogens with two attached hydrogens (primary N) is 1. The van der Waals surface area contributed by atoms with Gasteiger partial charge in [-0.3, -0.25) is 10.8 Å². The molecule has 0 unspecified atom stereocenters. The monoisotopic (exact) mass is 245 g/mol. The summed E-state index contributed by atoms with van der Waals surface area (Å²) < 4.78 is 5.64. The van der Waals surface area contributed by atoms with Crippen LogP contribution in [0, 0.1) is 13.8 Å². The first-order valence-electron chi connectivity index (χ1n) is 6.17. The molecular formula is C14H19N3O. The molecule has 0 aliphatic rings. The van der Waals surface area contributed by atoms with Crippen LogP contribution < -0.4 is 16.0 Å². The largest absolute Gasteiger partial charge is 0.494 e. The molecule has 0 bridgehead atoms. The second kappa shape index (κ2) is 5.23. The molecule has 1 aromatic carbocycles. The average Bonchev–Trinajstić information content (AvgIpc) is 2.38. The summed E-state index contributed by atoms with van der Waals surface area (Å²) in [5.74, 6) is 6.47. The van der Waals surface area contributed by atoms with Gasteiger partial charge in [0.15, 0.2) is 0 Å². The van der Waals surface area contributed by atoms with E-state index in [0.717, 1.165) is 46.6 Å². The third-order valence-corrected chi connectivity index (χ3v) is 3.06. The molecule has 0 radical (unpaired) electrons. The van der Waals surface area contributed by atoms with Crippen molar-refractivity contribution in [2.24, 2.45) is 5.84 Å². The van der Waals surface area contributed by atoms with E-state index >= 15 is 0 Å². The van der Waals surface area contributed by atoms with E-state index in [9.17, 15) is 0 Å². The molecule has 0 spiro atoms. The Morgan fingerprint density at radius 3 is 2.78 bits per heavy atom. The summed E-state index contributed by atoms with van der Waals surface area (Å²) >= 11 is 0. The first-order chi connectivity index (χ1) is 8.67. The first-order valence-corrected chi connectivity index (χ1v) is 6.17. The lowest BCUT2D eigenvalue weighted by atomic mass is 10.1. The maximum Gasteiger partial charge on any atom is 0.120 e. The lowest BCUT2D eigenvalue weighted by Gasteiger charge is -2.13. The van der Waals surface area contributed by atoms with E-state index < -0.39 is 0 Å². The van der Waals surface area contributed by atoms with Gasteiger partial charge >= 0.3 is 0 Å². The van der Waals surface area contributed by atoms with Crippen LogP contribution in [0.25, 0.3) is 10.9 Å². The van der Waals surface area contributed by atoms with Crippen LogP contribution in [0.4, 0.5) is 5.69 Å². The zero-order valence-corrected chi connectivity index (χ0v) is 11.1. The SMILES string of the molecule is CCCOc1ccc2nc(C)c(C)c(NN)c2c1. The van der Waals surface area contributed by atoms with Gasteiger partial charge in [-0.05, 0) is 44.0 Å². The zero-order valence-electron chi connectivity index (χ0n) is 11.1. The van der Waals surface area contributed by atoms with Crippen LogP contribution in [0.15, 0.2) is 18.2 Å². The fraction of sp³-hybridized carbons (Fsp3) is 0.357.